The van der Waals surface area contributed by atoms with Gasteiger partial charge in [0.1, 0.15) is 29.5 Å². The van der Waals surface area contributed by atoms with Crippen LogP contribution in [0.3, 0.4) is 0 Å². The second-order valence-electron chi connectivity index (χ2n) is 13.4. The van der Waals surface area contributed by atoms with Crippen molar-refractivity contribution in [3.8, 4) is 0 Å². The van der Waals surface area contributed by atoms with Gasteiger partial charge >= 0.3 is 5.97 Å². The fourth-order valence-corrected chi connectivity index (χ4v) is 8.16. The van der Waals surface area contributed by atoms with Crippen LogP contribution in [0, 0.1) is 18.8 Å². The van der Waals surface area contributed by atoms with Gasteiger partial charge in [-0.05, 0) is 81.9 Å². The number of halogens is 1. The minimum atomic E-state index is -1.23. The molecule has 0 spiro atoms. The predicted octanol–water partition coefficient (Wildman–Crippen LogP) is 4.33. The summed E-state index contributed by atoms with van der Waals surface area (Å²) in [6.07, 6.45) is 8.45. The summed E-state index contributed by atoms with van der Waals surface area (Å²) >= 11 is 0. The molecule has 1 aromatic carbocycles. The number of rotatable bonds is 11. The van der Waals surface area contributed by atoms with Crippen molar-refractivity contribution < 1.29 is 32.7 Å². The van der Waals surface area contributed by atoms with E-state index in [9.17, 15) is 24.0 Å². The molecule has 2 heterocycles. The fourth-order valence-electron chi connectivity index (χ4n) is 8.16. The van der Waals surface area contributed by atoms with Crippen molar-refractivity contribution in [1.29, 1.82) is 0 Å². The van der Waals surface area contributed by atoms with Crippen LogP contribution in [0.5, 0.6) is 0 Å². The Labute approximate surface area is 270 Å². The summed E-state index contributed by atoms with van der Waals surface area (Å²) in [7, 11) is 1.25. The molecule has 0 aliphatic heterocycles. The number of nitrogens with zero attached hydrogens (tertiary/aromatic N) is 1. The number of carbonyl (C=O) groups excluding carboxylic acids is 4. The number of anilines is 1. The molecule has 12 heteroatoms. The number of aryl methyl sites for hydroxylation is 1. The van der Waals surface area contributed by atoms with E-state index >= 15 is 4.39 Å². The molecule has 4 aliphatic carbocycles. The molecule has 0 radical (unpaired) electrons. The molecule has 11 nitrogen and oxygen atoms in total. The molecule has 3 N–H and O–H groups in total. The van der Waals surface area contributed by atoms with Crippen LogP contribution in [0.2, 0.25) is 0 Å². The molecule has 2 unspecified atom stereocenters. The van der Waals surface area contributed by atoms with E-state index in [0.717, 1.165) is 24.6 Å². The van der Waals surface area contributed by atoms with Gasteiger partial charge in [-0.1, -0.05) is 24.3 Å². The van der Waals surface area contributed by atoms with Crippen molar-refractivity contribution in [1.82, 2.24) is 15.2 Å². The van der Waals surface area contributed by atoms with E-state index in [-0.39, 0.29) is 48.6 Å². The van der Waals surface area contributed by atoms with Crippen molar-refractivity contribution in [2.24, 2.45) is 11.8 Å². The lowest BCUT2D eigenvalue weighted by molar-refractivity contribution is -0.135. The van der Waals surface area contributed by atoms with Gasteiger partial charge in [-0.2, -0.15) is 0 Å². The molecular weight excluding hydrogens is 607 g/mol. The fraction of sp³-hybridized carbons (Fsp3) is 0.457. The molecule has 4 aliphatic rings. The van der Waals surface area contributed by atoms with Gasteiger partial charge in [0.25, 0.3) is 11.5 Å². The van der Waals surface area contributed by atoms with Gasteiger partial charge in [0.05, 0.1) is 7.11 Å². The van der Waals surface area contributed by atoms with Gasteiger partial charge in [-0.25, -0.2) is 9.18 Å². The van der Waals surface area contributed by atoms with Crippen molar-refractivity contribution in [2.75, 3.05) is 12.4 Å². The number of para-hydroxylation sites is 1. The Balaban J connectivity index is 1.15. The average molecular weight is 647 g/mol. The number of alkyl halides is 1. The average Bonchev–Trinajstić information content (AvgIpc) is 3.35. The Morgan fingerprint density at radius 1 is 1.11 bits per heavy atom. The number of hydrogen-bond acceptors (Lipinski definition) is 7. The van der Waals surface area contributed by atoms with E-state index in [2.05, 4.69) is 20.7 Å². The van der Waals surface area contributed by atoms with Crippen LogP contribution < -0.4 is 21.5 Å². The lowest BCUT2D eigenvalue weighted by Gasteiger charge is -2.59. The SMILES string of the molecule is COC(=O)/C=C/CC[C@H](NC(=O)c1oc2ccccc2c1C)C(=O)Nc1cccn(CC(=O)NC23CC4CC(CC(F)(C4)C2)C3)c1=O. The second-order valence-corrected chi connectivity index (χ2v) is 13.4. The number of fused-ring (bicyclic) bond motifs is 1. The number of carbonyl (C=O) groups is 4. The van der Waals surface area contributed by atoms with Crippen LogP contribution in [0.1, 0.15) is 67.5 Å². The first-order valence-corrected chi connectivity index (χ1v) is 16.0. The first kappa shape index (κ1) is 32.2. The smallest absolute Gasteiger partial charge is 0.330 e. The molecule has 0 saturated heterocycles. The van der Waals surface area contributed by atoms with Crippen molar-refractivity contribution in [3.63, 3.8) is 0 Å². The highest BCUT2D eigenvalue weighted by atomic mass is 19.1. The largest absolute Gasteiger partial charge is 0.466 e. The second kappa shape index (κ2) is 12.8. The number of amides is 3. The van der Waals surface area contributed by atoms with E-state index in [4.69, 9.17) is 4.42 Å². The van der Waals surface area contributed by atoms with Gasteiger partial charge in [-0.15, -0.1) is 0 Å². The maximum atomic E-state index is 15.4. The first-order valence-electron chi connectivity index (χ1n) is 16.0. The molecule has 4 bridgehead atoms. The number of esters is 1. The number of hydrogen-bond donors (Lipinski definition) is 3. The van der Waals surface area contributed by atoms with Crippen LogP contribution in [-0.4, -0.2) is 52.6 Å². The number of methoxy groups -OCH3 is 1. The Hall–Kier alpha value is -4.74. The number of nitrogens with one attached hydrogen (secondary N) is 3. The minimum absolute atomic E-state index is 0.0555. The van der Waals surface area contributed by atoms with Gasteiger partial charge in [-0.3, -0.25) is 19.2 Å². The molecule has 248 valence electrons. The lowest BCUT2D eigenvalue weighted by atomic mass is 9.51. The lowest BCUT2D eigenvalue weighted by Crippen LogP contribution is -2.64. The highest BCUT2D eigenvalue weighted by Gasteiger charge is 2.58. The molecule has 4 saturated carbocycles. The van der Waals surface area contributed by atoms with Crippen molar-refractivity contribution in [2.45, 2.75) is 82.1 Å². The Morgan fingerprint density at radius 2 is 1.85 bits per heavy atom. The maximum Gasteiger partial charge on any atom is 0.330 e. The quantitative estimate of drug-likeness (QED) is 0.208. The van der Waals surface area contributed by atoms with Gasteiger partial charge < -0.3 is 29.7 Å². The maximum absolute atomic E-state index is 15.4. The third kappa shape index (κ3) is 6.86. The van der Waals surface area contributed by atoms with Gasteiger partial charge in [0.15, 0.2) is 5.76 Å². The number of ether oxygens (including phenoxy) is 1. The molecule has 3 aromatic rings. The monoisotopic (exact) mass is 646 g/mol. The molecular formula is C35H39FN4O7. The van der Waals surface area contributed by atoms with E-state index in [0.29, 0.717) is 30.4 Å². The zero-order chi connectivity index (χ0) is 33.3. The molecule has 2 aromatic heterocycles. The third-order valence-corrected chi connectivity index (χ3v) is 9.74. The van der Waals surface area contributed by atoms with Crippen LogP contribution >= 0.6 is 0 Å². The predicted molar refractivity (Wildman–Crippen MR) is 171 cm³/mol. The highest BCUT2D eigenvalue weighted by Crippen LogP contribution is 2.59. The third-order valence-electron chi connectivity index (χ3n) is 9.74. The standard InChI is InChI=1S/C35H39FN4O7/c1-21-24-8-3-5-11-27(24)47-30(21)32(44)37-25(9-4-6-12-29(42)46-2)31(43)38-26-10-7-13-40(33(26)45)19-28(41)39-35-17-22-14-23(18-35)16-34(36,15-22)20-35/h3,5-8,10-13,22-23,25H,4,9,14-20H2,1-2H3,(H,37,44)(H,38,43)(H,39,41)/b12-6+/t22?,23?,25-,34?,35?/m0/s1. The number of furan rings is 1. The van der Waals surface area contributed by atoms with Crippen LogP contribution in [0.15, 0.2) is 64.0 Å². The molecule has 4 fully saturated rings. The summed E-state index contributed by atoms with van der Waals surface area (Å²) in [5.74, 6) is -1.64. The van der Waals surface area contributed by atoms with E-state index < -0.39 is 40.6 Å². The number of aromatic nitrogens is 1. The summed E-state index contributed by atoms with van der Waals surface area (Å²) in [5, 5.41) is 9.14. The van der Waals surface area contributed by atoms with Gasteiger partial charge in [0.2, 0.25) is 11.8 Å². The van der Waals surface area contributed by atoms with E-state index in [1.165, 1.54) is 42.2 Å². The van der Waals surface area contributed by atoms with E-state index in [1.807, 2.05) is 12.1 Å². The van der Waals surface area contributed by atoms with Crippen LogP contribution in [-0.2, 0) is 25.7 Å². The Kier molecular flexibility index (Phi) is 8.78. The first-order chi connectivity index (χ1) is 22.5. The summed E-state index contributed by atoms with van der Waals surface area (Å²) in [6, 6.07) is 9.02. The van der Waals surface area contributed by atoms with Crippen LogP contribution in [0.4, 0.5) is 10.1 Å². The number of benzene rings is 1. The Morgan fingerprint density at radius 3 is 2.55 bits per heavy atom. The topological polar surface area (TPSA) is 149 Å². The summed E-state index contributed by atoms with van der Waals surface area (Å²) in [5.41, 5.74) is -1.36. The molecule has 3 amide bonds. The Bertz CT molecular complexity index is 1800. The zero-order valence-corrected chi connectivity index (χ0v) is 26.5. The van der Waals surface area contributed by atoms with E-state index in [1.54, 1.807) is 19.1 Å². The molecule has 7 rings (SSSR count). The highest BCUT2D eigenvalue weighted by molar-refractivity contribution is 6.03. The molecule has 3 atom stereocenters. The summed E-state index contributed by atoms with van der Waals surface area (Å²) < 4.78 is 27.0. The zero-order valence-electron chi connectivity index (χ0n) is 26.5. The molecule has 47 heavy (non-hydrogen) atoms. The summed E-state index contributed by atoms with van der Waals surface area (Å²) in [6.45, 7) is 1.46. The number of pyridine rings is 1. The summed E-state index contributed by atoms with van der Waals surface area (Å²) in [4.78, 5) is 64.9. The van der Waals surface area contributed by atoms with Crippen molar-refractivity contribution in [3.05, 3.63) is 76.4 Å². The number of allylic oxidation sites excluding steroid dienone is 1. The van der Waals surface area contributed by atoms with Crippen LogP contribution in [0.25, 0.3) is 11.0 Å². The van der Waals surface area contributed by atoms with Gasteiger partial charge in [0, 0.05) is 35.2 Å². The normalized spacial score (nSPS) is 25.1. The minimum Gasteiger partial charge on any atom is -0.466 e. The van der Waals surface area contributed by atoms with Crippen molar-refractivity contribution >= 4 is 40.3 Å².